The molecule has 13 heteroatoms. The van der Waals surface area contributed by atoms with Gasteiger partial charge in [0.2, 0.25) is 16.6 Å². The van der Waals surface area contributed by atoms with Crippen molar-refractivity contribution in [2.75, 3.05) is 0 Å². The standard InChI is InChI=1S/C40H76O8Si5/c1-39-24-22-28(44-49(3,4)5)26-27(39)18-19-29-30-20-21-32(40(30,2)25-23-31(29)39)42-38-36(47-52(12,13)14)34(46-51(9,10)11)33(45-50(6,7)8)35(43-38)37(41)48-53(15,16)17/h18,26,29-36,38H,19-25H2,1-17H3. The summed E-state index contributed by atoms with van der Waals surface area (Å²) >= 11 is 0. The van der Waals surface area contributed by atoms with Gasteiger partial charge >= 0.3 is 5.97 Å². The number of rotatable bonds is 12. The molecular weight excluding hydrogens is 749 g/mol. The molecule has 5 rings (SSSR count). The molecule has 2 saturated carbocycles. The first-order valence-corrected chi connectivity index (χ1v) is 37.7. The number of ether oxygens (including phenoxy) is 2. The molecule has 1 aliphatic heterocycles. The molecule has 53 heavy (non-hydrogen) atoms. The number of fused-ring (bicyclic) bond motifs is 5. The minimum Gasteiger partial charge on any atom is -0.547 e. The Labute approximate surface area is 328 Å². The van der Waals surface area contributed by atoms with E-state index in [1.54, 1.807) is 0 Å². The van der Waals surface area contributed by atoms with Gasteiger partial charge in [-0.25, -0.2) is 0 Å². The fraction of sp³-hybridized carbons (Fsp3) is 0.875. The fourth-order valence-corrected chi connectivity index (χ4v) is 15.1. The van der Waals surface area contributed by atoms with Crippen LogP contribution < -0.4 is 0 Å². The van der Waals surface area contributed by atoms with Crippen molar-refractivity contribution in [1.29, 1.82) is 0 Å². The molecule has 0 N–H and O–H groups in total. The van der Waals surface area contributed by atoms with Crippen LogP contribution in [0.3, 0.4) is 0 Å². The third-order valence-electron chi connectivity index (χ3n) is 12.0. The van der Waals surface area contributed by atoms with Gasteiger partial charge in [-0.05, 0) is 177 Å². The summed E-state index contributed by atoms with van der Waals surface area (Å²) in [7, 11) is -10.4. The van der Waals surface area contributed by atoms with Gasteiger partial charge in [0, 0.05) is 6.42 Å². The molecule has 8 nitrogen and oxygen atoms in total. The first kappa shape index (κ1) is 43.8. The van der Waals surface area contributed by atoms with Crippen LogP contribution in [-0.4, -0.2) is 84.4 Å². The summed E-state index contributed by atoms with van der Waals surface area (Å²) in [6.45, 7) is 37.6. The van der Waals surface area contributed by atoms with E-state index in [2.05, 4.69) is 105 Å². The van der Waals surface area contributed by atoms with Crippen molar-refractivity contribution in [3.05, 3.63) is 23.5 Å². The lowest BCUT2D eigenvalue weighted by Gasteiger charge is -2.57. The fourth-order valence-electron chi connectivity index (χ4n) is 10.2. The zero-order chi connectivity index (χ0) is 39.7. The molecule has 11 atom stereocenters. The van der Waals surface area contributed by atoms with Crippen LogP contribution >= 0.6 is 0 Å². The molecule has 1 saturated heterocycles. The van der Waals surface area contributed by atoms with Gasteiger partial charge < -0.3 is 31.6 Å². The van der Waals surface area contributed by atoms with Crippen LogP contribution in [0.15, 0.2) is 23.5 Å². The lowest BCUT2D eigenvalue weighted by molar-refractivity contribution is -0.304. The van der Waals surface area contributed by atoms with Gasteiger partial charge in [-0.3, -0.25) is 4.79 Å². The van der Waals surface area contributed by atoms with Crippen LogP contribution in [0.4, 0.5) is 0 Å². The average molecular weight is 825 g/mol. The van der Waals surface area contributed by atoms with Crippen molar-refractivity contribution in [3.63, 3.8) is 0 Å². The Morgan fingerprint density at radius 3 is 1.85 bits per heavy atom. The Morgan fingerprint density at radius 1 is 0.698 bits per heavy atom. The van der Waals surface area contributed by atoms with Crippen molar-refractivity contribution in [1.82, 2.24) is 0 Å². The third-order valence-corrected chi connectivity index (χ3v) is 16.6. The first-order chi connectivity index (χ1) is 24.0. The van der Waals surface area contributed by atoms with Crippen molar-refractivity contribution in [2.24, 2.45) is 28.6 Å². The number of carbonyl (C=O) groups is 1. The van der Waals surface area contributed by atoms with Crippen LogP contribution in [0, 0.1) is 28.6 Å². The van der Waals surface area contributed by atoms with E-state index in [4.69, 9.17) is 31.6 Å². The largest absolute Gasteiger partial charge is 0.547 e. The number of allylic oxidation sites excluding steroid dienone is 4. The van der Waals surface area contributed by atoms with E-state index >= 15 is 0 Å². The highest BCUT2D eigenvalue weighted by Crippen LogP contribution is 2.65. The maximum Gasteiger partial charge on any atom is 0.324 e. The zero-order valence-electron chi connectivity index (χ0n) is 36.6. The average Bonchev–Trinajstić information content (AvgIpc) is 3.28. The van der Waals surface area contributed by atoms with Crippen LogP contribution in [0.2, 0.25) is 98.2 Å². The second-order valence-corrected chi connectivity index (χ2v) is 44.5. The molecular formula is C40H76O8Si5. The highest BCUT2D eigenvalue weighted by molar-refractivity contribution is 6.72. The molecule has 0 amide bonds. The molecule has 0 aromatic heterocycles. The summed E-state index contributed by atoms with van der Waals surface area (Å²) in [6, 6.07) is 0. The lowest BCUT2D eigenvalue weighted by atomic mass is 9.48. The Kier molecular flexibility index (Phi) is 12.5. The number of hydrogen-bond acceptors (Lipinski definition) is 8. The van der Waals surface area contributed by atoms with E-state index in [1.165, 1.54) is 24.2 Å². The molecule has 0 spiro atoms. The lowest BCUT2D eigenvalue weighted by Crippen LogP contribution is -2.68. The van der Waals surface area contributed by atoms with E-state index in [1.807, 2.05) is 19.6 Å². The summed E-state index contributed by atoms with van der Waals surface area (Å²) < 4.78 is 47.9. The Hall–Kier alpha value is -0.366. The van der Waals surface area contributed by atoms with Gasteiger partial charge in [0.05, 0.1) is 11.9 Å². The van der Waals surface area contributed by atoms with Gasteiger partial charge in [-0.2, -0.15) is 0 Å². The predicted octanol–water partition coefficient (Wildman–Crippen LogP) is 10.4. The maximum absolute atomic E-state index is 14.2. The SMILES string of the molecule is CC12CCC(O[Si](C)(C)C)=CC1=CCC1C2CCC2(C)C(OC3OC(C(=O)O[Si](C)(C)C)C(O[Si](C)(C)C)C(O[Si](C)(C)C)C3O[Si](C)(C)C)CCC12. The topological polar surface area (TPSA) is 81.7 Å². The second-order valence-electron chi connectivity index (χ2n) is 22.3. The molecule has 0 aromatic rings. The summed E-state index contributed by atoms with van der Waals surface area (Å²) in [5, 5.41) is 0. The van der Waals surface area contributed by atoms with Crippen molar-refractivity contribution < 1.29 is 36.4 Å². The van der Waals surface area contributed by atoms with Gasteiger partial charge in [-0.15, -0.1) is 0 Å². The molecule has 4 aliphatic carbocycles. The van der Waals surface area contributed by atoms with Gasteiger partial charge in [0.25, 0.3) is 0 Å². The van der Waals surface area contributed by atoms with Crippen LogP contribution in [0.25, 0.3) is 0 Å². The Morgan fingerprint density at radius 2 is 1.28 bits per heavy atom. The normalized spacial score (nSPS) is 38.2. The van der Waals surface area contributed by atoms with Gasteiger partial charge in [0.1, 0.15) is 18.3 Å². The minimum atomic E-state index is -2.24. The first-order valence-electron chi connectivity index (χ1n) is 20.7. The smallest absolute Gasteiger partial charge is 0.324 e. The van der Waals surface area contributed by atoms with Crippen LogP contribution in [0.5, 0.6) is 0 Å². The summed E-state index contributed by atoms with van der Waals surface area (Å²) in [5.41, 5.74) is 1.70. The molecule has 5 aliphatic rings. The number of hydrogen-bond donors (Lipinski definition) is 0. The Bertz CT molecular complexity index is 1400. The van der Waals surface area contributed by atoms with E-state index in [0.717, 1.165) is 32.1 Å². The Balaban J connectivity index is 1.47. The van der Waals surface area contributed by atoms with E-state index in [0.29, 0.717) is 17.8 Å². The van der Waals surface area contributed by atoms with Crippen molar-refractivity contribution >= 4 is 47.6 Å². The molecule has 304 valence electrons. The molecule has 3 fully saturated rings. The third kappa shape index (κ3) is 10.4. The van der Waals surface area contributed by atoms with E-state index in [9.17, 15) is 4.79 Å². The summed E-state index contributed by atoms with van der Waals surface area (Å²) in [6.07, 6.45) is 9.30. The predicted molar refractivity (Wildman–Crippen MR) is 227 cm³/mol. The van der Waals surface area contributed by atoms with E-state index in [-0.39, 0.29) is 22.9 Å². The molecule has 0 radical (unpaired) electrons. The quantitative estimate of drug-likeness (QED) is 0.180. The second kappa shape index (κ2) is 15.1. The van der Waals surface area contributed by atoms with Gasteiger partial charge in [0.15, 0.2) is 37.3 Å². The summed E-state index contributed by atoms with van der Waals surface area (Å²) in [5.74, 6) is 2.68. The molecule has 0 bridgehead atoms. The minimum absolute atomic E-state index is 0.00167. The monoisotopic (exact) mass is 824 g/mol. The molecule has 1 heterocycles. The zero-order valence-corrected chi connectivity index (χ0v) is 41.6. The van der Waals surface area contributed by atoms with Crippen LogP contribution in [0.1, 0.15) is 58.8 Å². The molecule has 11 unspecified atom stereocenters. The van der Waals surface area contributed by atoms with E-state index < -0.39 is 72.3 Å². The van der Waals surface area contributed by atoms with Gasteiger partial charge in [-0.1, -0.05) is 19.9 Å². The van der Waals surface area contributed by atoms with Crippen molar-refractivity contribution in [2.45, 2.75) is 194 Å². The molecule has 0 aromatic carbocycles. The maximum atomic E-state index is 14.2. The highest BCUT2D eigenvalue weighted by Gasteiger charge is 2.61. The van der Waals surface area contributed by atoms with Crippen molar-refractivity contribution in [3.8, 4) is 0 Å². The highest BCUT2D eigenvalue weighted by atomic mass is 28.4. The summed E-state index contributed by atoms with van der Waals surface area (Å²) in [4.78, 5) is 14.2. The van der Waals surface area contributed by atoms with Crippen LogP contribution in [-0.2, 0) is 36.4 Å². The number of carbonyl (C=O) groups excluding carboxylic acids is 1.